The Morgan fingerprint density at radius 1 is 1.47 bits per heavy atom. The van der Waals surface area contributed by atoms with Crippen molar-refractivity contribution in [1.82, 2.24) is 5.32 Å². The predicted molar refractivity (Wildman–Crippen MR) is 62.6 cm³/mol. The van der Waals surface area contributed by atoms with Crippen LogP contribution in [0.1, 0.15) is 6.42 Å². The molecule has 0 fully saturated rings. The smallest absolute Gasteiger partial charge is 0.334 e. The summed E-state index contributed by atoms with van der Waals surface area (Å²) in [5.74, 6) is -1.22. The molecule has 0 aliphatic carbocycles. The van der Waals surface area contributed by atoms with E-state index in [1.54, 1.807) is 0 Å². The van der Waals surface area contributed by atoms with Gasteiger partial charge in [0.1, 0.15) is 0 Å². The summed E-state index contributed by atoms with van der Waals surface area (Å²) in [4.78, 5) is 32.2. The first-order valence-electron chi connectivity index (χ1n) is 4.85. The molecular weight excluding hydrogens is 248 g/mol. The SMILES string of the molecule is COC(CNC(=O)CCSCC(N)=O)C(=O)O. The monoisotopic (exact) mass is 264 g/mol. The first-order chi connectivity index (χ1) is 7.97. The molecule has 0 radical (unpaired) electrons. The number of carbonyl (C=O) groups excluding carboxylic acids is 2. The third kappa shape index (κ3) is 8.52. The molecule has 0 aliphatic heterocycles. The van der Waals surface area contributed by atoms with Gasteiger partial charge in [-0.25, -0.2) is 4.79 Å². The molecule has 1 unspecified atom stereocenters. The number of carboxylic acids is 1. The lowest BCUT2D eigenvalue weighted by Crippen LogP contribution is -2.37. The van der Waals surface area contributed by atoms with Crippen LogP contribution in [0.3, 0.4) is 0 Å². The summed E-state index contributed by atoms with van der Waals surface area (Å²) in [5.41, 5.74) is 4.92. The summed E-state index contributed by atoms with van der Waals surface area (Å²) in [6.45, 7) is -0.0782. The van der Waals surface area contributed by atoms with Crippen molar-refractivity contribution >= 4 is 29.5 Å². The molecule has 0 spiro atoms. The van der Waals surface area contributed by atoms with Crippen LogP contribution in [0.4, 0.5) is 0 Å². The first-order valence-corrected chi connectivity index (χ1v) is 6.01. The molecule has 8 heteroatoms. The van der Waals surface area contributed by atoms with Gasteiger partial charge in [0.2, 0.25) is 11.8 Å². The third-order valence-corrected chi connectivity index (χ3v) is 2.74. The summed E-state index contributed by atoms with van der Waals surface area (Å²) in [7, 11) is 1.26. The second-order valence-corrected chi connectivity index (χ2v) is 4.24. The number of methoxy groups -OCH3 is 1. The van der Waals surface area contributed by atoms with E-state index in [4.69, 9.17) is 10.8 Å². The number of ether oxygens (including phenoxy) is 1. The van der Waals surface area contributed by atoms with Gasteiger partial charge in [0, 0.05) is 19.3 Å². The number of thioether (sulfide) groups is 1. The largest absolute Gasteiger partial charge is 0.479 e. The number of carbonyl (C=O) groups is 3. The van der Waals surface area contributed by atoms with Gasteiger partial charge in [-0.05, 0) is 0 Å². The summed E-state index contributed by atoms with van der Waals surface area (Å²) in [6, 6.07) is 0. The highest BCUT2D eigenvalue weighted by Gasteiger charge is 2.16. The average molecular weight is 264 g/mol. The Balaban J connectivity index is 3.65. The molecule has 0 aliphatic rings. The van der Waals surface area contributed by atoms with Gasteiger partial charge < -0.3 is 20.9 Å². The molecule has 0 aromatic rings. The minimum Gasteiger partial charge on any atom is -0.479 e. The van der Waals surface area contributed by atoms with Crippen LogP contribution in [0, 0.1) is 0 Å². The first kappa shape index (κ1) is 15.7. The molecule has 0 bridgehead atoms. The lowest BCUT2D eigenvalue weighted by Gasteiger charge is -2.11. The van der Waals surface area contributed by atoms with Gasteiger partial charge in [0.05, 0.1) is 12.3 Å². The Kier molecular flexibility index (Phi) is 8.16. The average Bonchev–Trinajstić information content (AvgIpc) is 2.24. The van der Waals surface area contributed by atoms with Crippen LogP contribution in [0.5, 0.6) is 0 Å². The van der Waals surface area contributed by atoms with E-state index in [2.05, 4.69) is 10.1 Å². The lowest BCUT2D eigenvalue weighted by molar-refractivity contribution is -0.148. The van der Waals surface area contributed by atoms with Crippen LogP contribution in [-0.2, 0) is 19.1 Å². The third-order valence-electron chi connectivity index (χ3n) is 1.76. The normalized spacial score (nSPS) is 11.8. The van der Waals surface area contributed by atoms with Crippen LogP contribution < -0.4 is 11.1 Å². The van der Waals surface area contributed by atoms with Crippen molar-refractivity contribution in [2.24, 2.45) is 5.73 Å². The van der Waals surface area contributed by atoms with Crippen molar-refractivity contribution in [3.63, 3.8) is 0 Å². The Hall–Kier alpha value is -1.28. The zero-order chi connectivity index (χ0) is 13.3. The fourth-order valence-electron chi connectivity index (χ4n) is 0.904. The highest BCUT2D eigenvalue weighted by molar-refractivity contribution is 7.99. The van der Waals surface area contributed by atoms with Crippen molar-refractivity contribution in [3.8, 4) is 0 Å². The van der Waals surface area contributed by atoms with Gasteiger partial charge in [0.15, 0.2) is 6.10 Å². The second kappa shape index (κ2) is 8.82. The molecule has 0 saturated heterocycles. The molecule has 7 nitrogen and oxygen atoms in total. The van der Waals surface area contributed by atoms with E-state index in [0.717, 1.165) is 0 Å². The Labute approximate surface area is 103 Å². The lowest BCUT2D eigenvalue weighted by atomic mass is 10.3. The zero-order valence-electron chi connectivity index (χ0n) is 9.47. The zero-order valence-corrected chi connectivity index (χ0v) is 10.3. The summed E-state index contributed by atoms with van der Waals surface area (Å²) in [5, 5.41) is 11.1. The Bertz CT molecular complexity index is 285. The van der Waals surface area contributed by atoms with E-state index in [0.29, 0.717) is 5.75 Å². The maximum Gasteiger partial charge on any atom is 0.334 e. The minimum atomic E-state index is -1.13. The van der Waals surface area contributed by atoms with Crippen molar-refractivity contribution in [2.45, 2.75) is 12.5 Å². The van der Waals surface area contributed by atoms with Crippen LogP contribution in [-0.4, -0.2) is 54.2 Å². The number of hydrogen-bond acceptors (Lipinski definition) is 5. The molecule has 2 amide bonds. The molecular formula is C9H16N2O5S. The van der Waals surface area contributed by atoms with E-state index in [1.165, 1.54) is 18.9 Å². The van der Waals surface area contributed by atoms with Crippen LogP contribution in [0.25, 0.3) is 0 Å². The van der Waals surface area contributed by atoms with Gasteiger partial charge in [-0.3, -0.25) is 9.59 Å². The molecule has 0 rings (SSSR count). The molecule has 98 valence electrons. The van der Waals surface area contributed by atoms with E-state index in [1.807, 2.05) is 0 Å². The second-order valence-electron chi connectivity index (χ2n) is 3.14. The molecule has 1 atom stereocenters. The standard InChI is InChI=1S/C9H16N2O5S/c1-16-6(9(14)15)4-11-8(13)2-3-17-5-7(10)12/h6H,2-5H2,1H3,(H2,10,12)(H,11,13)(H,14,15). The quantitative estimate of drug-likeness (QED) is 0.451. The van der Waals surface area contributed by atoms with E-state index >= 15 is 0 Å². The van der Waals surface area contributed by atoms with Crippen LogP contribution in [0.15, 0.2) is 0 Å². The topological polar surface area (TPSA) is 119 Å². The van der Waals surface area contributed by atoms with E-state index < -0.39 is 18.0 Å². The Morgan fingerprint density at radius 2 is 2.12 bits per heavy atom. The molecule has 0 heterocycles. The van der Waals surface area contributed by atoms with Crippen LogP contribution >= 0.6 is 11.8 Å². The fourth-order valence-corrected chi connectivity index (χ4v) is 1.58. The number of carboxylic acid groups (broad SMARTS) is 1. The number of amides is 2. The highest BCUT2D eigenvalue weighted by Crippen LogP contribution is 2.01. The molecule has 0 aromatic carbocycles. The maximum absolute atomic E-state index is 11.2. The summed E-state index contributed by atoms with van der Waals surface area (Å²) < 4.78 is 4.64. The van der Waals surface area contributed by atoms with Gasteiger partial charge >= 0.3 is 5.97 Å². The number of nitrogens with one attached hydrogen (secondary N) is 1. The molecule has 0 saturated carbocycles. The number of hydrogen-bond donors (Lipinski definition) is 3. The highest BCUT2D eigenvalue weighted by atomic mass is 32.2. The maximum atomic E-state index is 11.2. The number of primary amides is 1. The fraction of sp³-hybridized carbons (Fsp3) is 0.667. The van der Waals surface area contributed by atoms with Crippen LogP contribution in [0.2, 0.25) is 0 Å². The van der Waals surface area contributed by atoms with Crippen molar-refractivity contribution in [3.05, 3.63) is 0 Å². The van der Waals surface area contributed by atoms with Gasteiger partial charge in [-0.15, -0.1) is 0 Å². The van der Waals surface area contributed by atoms with Gasteiger partial charge in [-0.2, -0.15) is 11.8 Å². The number of aliphatic carboxylic acids is 1. The van der Waals surface area contributed by atoms with Crippen molar-refractivity contribution < 1.29 is 24.2 Å². The van der Waals surface area contributed by atoms with E-state index in [9.17, 15) is 14.4 Å². The molecule has 4 N–H and O–H groups in total. The predicted octanol–water partition coefficient (Wildman–Crippen LogP) is -1.19. The van der Waals surface area contributed by atoms with Crippen molar-refractivity contribution in [2.75, 3.05) is 25.2 Å². The number of rotatable bonds is 9. The summed E-state index contributed by atoms with van der Waals surface area (Å²) >= 11 is 1.25. The Morgan fingerprint density at radius 3 is 2.59 bits per heavy atom. The number of nitrogens with two attached hydrogens (primary N) is 1. The molecule has 17 heavy (non-hydrogen) atoms. The van der Waals surface area contributed by atoms with E-state index in [-0.39, 0.29) is 24.6 Å². The molecule has 0 aromatic heterocycles. The van der Waals surface area contributed by atoms with Gasteiger partial charge in [-0.1, -0.05) is 0 Å². The summed E-state index contributed by atoms with van der Waals surface area (Å²) in [6.07, 6.45) is -0.842. The minimum absolute atomic E-state index is 0.0782. The van der Waals surface area contributed by atoms with Crippen molar-refractivity contribution in [1.29, 1.82) is 0 Å². The van der Waals surface area contributed by atoms with Gasteiger partial charge in [0.25, 0.3) is 0 Å².